The largest absolute Gasteiger partial charge is 0.478 e. The lowest BCUT2D eigenvalue weighted by atomic mass is 9.98. The fourth-order valence-electron chi connectivity index (χ4n) is 6.49. The van der Waals surface area contributed by atoms with Crippen LogP contribution in [0.5, 0.6) is 0 Å². The number of aliphatic hydroxyl groups is 8. The number of carboxylic acids is 2. The maximum atomic E-state index is 13.5. The zero-order chi connectivity index (χ0) is 49.7. The average Bonchev–Trinajstić information content (AvgIpc) is 3.83. The molecule has 370 valence electrons. The van der Waals surface area contributed by atoms with Gasteiger partial charge in [-0.15, -0.1) is 21.1 Å². The number of ether oxygens (including phenoxy) is 2. The summed E-state index contributed by atoms with van der Waals surface area (Å²) in [6, 6.07) is -2.01. The smallest absolute Gasteiger partial charge is 0.352 e. The van der Waals surface area contributed by atoms with Crippen molar-refractivity contribution in [2.45, 2.75) is 92.5 Å². The Kier molecular flexibility index (Phi) is 17.2. The Morgan fingerprint density at radius 2 is 1.82 bits per heavy atom. The van der Waals surface area contributed by atoms with Crippen molar-refractivity contribution in [1.82, 2.24) is 29.6 Å². The van der Waals surface area contributed by atoms with E-state index < -0.39 is 121 Å². The van der Waals surface area contributed by atoms with Crippen molar-refractivity contribution in [3.63, 3.8) is 0 Å². The molecule has 4 amide bonds. The summed E-state index contributed by atoms with van der Waals surface area (Å²) in [6.07, 6.45) is -14.0. The van der Waals surface area contributed by atoms with E-state index in [0.29, 0.717) is 11.5 Å². The molecule has 2 aromatic rings. The number of oxime groups is 1. The Bertz CT molecular complexity index is 2260. The fraction of sp³-hybridized carbons (Fsp3) is 0.600. The number of hydrogen-bond donors (Lipinski definition) is 15. The van der Waals surface area contributed by atoms with Crippen molar-refractivity contribution < 1.29 is 94.0 Å². The number of aromatic nitrogens is 4. The van der Waals surface area contributed by atoms with Gasteiger partial charge >= 0.3 is 18.0 Å². The Morgan fingerprint density at radius 3 is 2.43 bits per heavy atom. The van der Waals surface area contributed by atoms with Crippen LogP contribution in [0.2, 0.25) is 0 Å². The standard InChI is InChI=1S/C35H50N12O18S2/c1-35(2,32(60)61)65-43-17(26-42-33(37)67-44-26)27(56)41-18-28(57)47-19(30(58)59)12(11-66-29(18)47)7-46-8-13(25(36)45(46)3)40-34(62)39-5-4-38-6-14(50)20(52)24(15(51)9-48)64-31-23(55)22(54)21(53)16(10-49)63-31/h6,8,14-16,18,20-24,29,31,36,48-55H,4-5,7,9-11H2,1-3H3,(H7,37,39,40,41,42,44,56,58,59,60,61,62)/p+1/b38-6-,43-17-/t14?,15?,16?,18-,20?,21?,22?,23?,24?,29-,31?/m1/s1. The number of aliphatic hydroxyl groups excluding tert-OH is 8. The van der Waals surface area contributed by atoms with Gasteiger partial charge in [-0.05, 0) is 13.8 Å². The summed E-state index contributed by atoms with van der Waals surface area (Å²) < 4.78 is 17.4. The molecule has 2 aromatic heterocycles. The summed E-state index contributed by atoms with van der Waals surface area (Å²) in [5, 5.41) is 111. The normalized spacial score (nSPS) is 25.2. The minimum Gasteiger partial charge on any atom is -0.478 e. The van der Waals surface area contributed by atoms with E-state index in [-0.39, 0.29) is 59.1 Å². The highest BCUT2D eigenvalue weighted by Gasteiger charge is 2.55. The lowest BCUT2D eigenvalue weighted by Crippen LogP contribution is -2.71. The molecule has 5 heterocycles. The van der Waals surface area contributed by atoms with Gasteiger partial charge in [0.25, 0.3) is 11.8 Å². The van der Waals surface area contributed by atoms with Gasteiger partial charge in [-0.3, -0.25) is 24.8 Å². The maximum absolute atomic E-state index is 13.5. The van der Waals surface area contributed by atoms with Crippen LogP contribution in [0.1, 0.15) is 19.7 Å². The lowest BCUT2D eigenvalue weighted by Gasteiger charge is -2.49. The number of rotatable bonds is 21. The minimum atomic E-state index is -2.01. The van der Waals surface area contributed by atoms with Crippen LogP contribution in [0.25, 0.3) is 0 Å². The van der Waals surface area contributed by atoms with Crippen LogP contribution in [-0.2, 0) is 47.1 Å². The van der Waals surface area contributed by atoms with Crippen molar-refractivity contribution in [3.8, 4) is 0 Å². The van der Waals surface area contributed by atoms with Gasteiger partial charge in [0.15, 0.2) is 29.5 Å². The van der Waals surface area contributed by atoms with E-state index >= 15 is 0 Å². The van der Waals surface area contributed by atoms with Crippen LogP contribution in [0, 0.1) is 0 Å². The molecule has 0 aromatic carbocycles. The van der Waals surface area contributed by atoms with E-state index in [1.165, 1.54) is 36.5 Å². The molecule has 67 heavy (non-hydrogen) atoms. The zero-order valence-corrected chi connectivity index (χ0v) is 37.2. The number of carbonyl (C=O) groups is 5. The first-order chi connectivity index (χ1) is 31.5. The van der Waals surface area contributed by atoms with Gasteiger partial charge in [0, 0.05) is 35.6 Å². The number of fused-ring (bicyclic) bond motifs is 1. The van der Waals surface area contributed by atoms with Crippen LogP contribution < -0.4 is 32.1 Å². The molecule has 0 aliphatic carbocycles. The molecule has 32 heteroatoms. The molecule has 0 saturated carbocycles. The number of carbonyl (C=O) groups excluding carboxylic acids is 3. The van der Waals surface area contributed by atoms with Crippen LogP contribution >= 0.6 is 23.3 Å². The van der Waals surface area contributed by atoms with Crippen LogP contribution in [0.15, 0.2) is 27.6 Å². The Balaban J connectivity index is 1.17. The number of nitrogen functional groups attached to an aromatic ring is 2. The third-order valence-electron chi connectivity index (χ3n) is 10.4. The topological polar surface area (TPSA) is 466 Å². The number of thioether (sulfide) groups is 1. The monoisotopic (exact) mass is 991 g/mol. The van der Waals surface area contributed by atoms with Crippen molar-refractivity contribution in [1.29, 1.82) is 0 Å². The molecule has 2 saturated heterocycles. The predicted molar refractivity (Wildman–Crippen MR) is 227 cm³/mol. The molecule has 3 aliphatic heterocycles. The molecule has 2 fully saturated rings. The molecule has 30 nitrogen and oxygen atoms in total. The summed E-state index contributed by atoms with van der Waals surface area (Å²) in [6.45, 7) is 0.141. The third kappa shape index (κ3) is 11.7. The molecule has 0 spiro atoms. The highest BCUT2D eigenvalue weighted by Crippen LogP contribution is 2.40. The molecule has 17 N–H and O–H groups in total. The third-order valence-corrected chi connectivity index (χ3v) is 12.2. The van der Waals surface area contributed by atoms with Gasteiger partial charge in [0.05, 0.1) is 26.8 Å². The number of hydrogen-bond acceptors (Lipinski definition) is 24. The zero-order valence-electron chi connectivity index (χ0n) is 35.6. The first kappa shape index (κ1) is 52.3. The van der Waals surface area contributed by atoms with E-state index in [0.717, 1.165) is 22.9 Å². The van der Waals surface area contributed by atoms with E-state index in [4.69, 9.17) is 25.8 Å². The summed E-state index contributed by atoms with van der Waals surface area (Å²) >= 11 is 1.85. The number of β-lactam (4-membered cyclic amide) rings is 1. The number of aliphatic carboxylic acids is 2. The number of aliphatic imine (C=N–C) groups is 1. The quantitative estimate of drug-likeness (QED) is 0.0182. The summed E-state index contributed by atoms with van der Waals surface area (Å²) in [5.74, 6) is -4.86. The van der Waals surface area contributed by atoms with E-state index in [1.54, 1.807) is 0 Å². The number of amides is 4. The highest BCUT2D eigenvalue weighted by atomic mass is 32.2. The van der Waals surface area contributed by atoms with Crippen LogP contribution in [0.4, 0.5) is 21.4 Å². The SMILES string of the molecule is Cn1c(N)c(NC(=O)NCC/N=C\C(O)C(O)C(OC2OC(CO)C(O)C(O)C2O)C(O)CO)c[n+]1CC1=C(C(=O)O)N2C(=O)[C@@H](NC(=O)/C(=N\OC(C)(C)C(=O)O)c3nsc(N)n3)[C@H]2SC1. The number of nitrogens with zero attached hydrogens (tertiary/aromatic N) is 7. The van der Waals surface area contributed by atoms with E-state index in [2.05, 4.69) is 35.5 Å². The number of urea groups is 1. The van der Waals surface area contributed by atoms with Crippen molar-refractivity contribution in [2.24, 2.45) is 17.2 Å². The predicted octanol–water partition coefficient (Wildman–Crippen LogP) is -7.20. The summed E-state index contributed by atoms with van der Waals surface area (Å²) in [7, 11) is 1.53. The van der Waals surface area contributed by atoms with Crippen molar-refractivity contribution >= 4 is 81.6 Å². The molecular weight excluding hydrogens is 941 g/mol. The number of nitrogens with one attached hydrogen (secondary N) is 3. The fourth-order valence-corrected chi connectivity index (χ4v) is 8.26. The first-order valence-corrected chi connectivity index (χ1v) is 21.7. The molecular formula is C35H51N12O18S2+. The molecule has 5 rings (SSSR count). The van der Waals surface area contributed by atoms with Gasteiger partial charge in [0.2, 0.25) is 23.3 Å². The summed E-state index contributed by atoms with van der Waals surface area (Å²) in [4.78, 5) is 77.7. The minimum absolute atomic E-state index is 0.0435. The number of carboxylic acid groups (broad SMARTS) is 2. The maximum Gasteiger partial charge on any atom is 0.352 e. The Labute approximate surface area is 386 Å². The van der Waals surface area contributed by atoms with Crippen LogP contribution in [0.3, 0.4) is 0 Å². The molecule has 9 unspecified atom stereocenters. The van der Waals surface area contributed by atoms with Crippen molar-refractivity contribution in [2.75, 3.05) is 48.8 Å². The molecule has 11 atom stereocenters. The second-order valence-corrected chi connectivity index (χ2v) is 17.3. The second-order valence-electron chi connectivity index (χ2n) is 15.4. The van der Waals surface area contributed by atoms with Gasteiger partial charge in [-0.25, -0.2) is 14.4 Å². The molecule has 0 bridgehead atoms. The molecule has 3 aliphatic rings. The molecule has 0 radical (unpaired) electrons. The Morgan fingerprint density at radius 1 is 1.12 bits per heavy atom. The van der Waals surface area contributed by atoms with Crippen molar-refractivity contribution in [3.05, 3.63) is 23.3 Å². The first-order valence-electron chi connectivity index (χ1n) is 19.8. The highest BCUT2D eigenvalue weighted by molar-refractivity contribution is 8.00. The van der Waals surface area contributed by atoms with Gasteiger partial charge < -0.3 is 87.5 Å². The van der Waals surface area contributed by atoms with Gasteiger partial charge in [-0.1, -0.05) is 5.16 Å². The lowest BCUT2D eigenvalue weighted by molar-refractivity contribution is -0.765. The van der Waals surface area contributed by atoms with E-state index in [1.807, 2.05) is 0 Å². The summed E-state index contributed by atoms with van der Waals surface area (Å²) in [5.41, 5.74) is 9.44. The van der Waals surface area contributed by atoms with Crippen LogP contribution in [-0.4, -0.2) is 216 Å². The van der Waals surface area contributed by atoms with E-state index in [9.17, 15) is 75.0 Å². The average molecular weight is 992 g/mol. The second kappa shape index (κ2) is 22.0. The number of anilines is 3. The Hall–Kier alpha value is -5.65. The number of nitrogens with two attached hydrogens (primary N) is 2. The van der Waals surface area contributed by atoms with Gasteiger partial charge in [0.1, 0.15) is 65.9 Å². The van der Waals surface area contributed by atoms with Gasteiger partial charge in [-0.2, -0.15) is 9.36 Å².